The Labute approximate surface area is 186 Å². The van der Waals surface area contributed by atoms with Crippen molar-refractivity contribution in [1.29, 1.82) is 0 Å². The molecule has 0 unspecified atom stereocenters. The Morgan fingerprint density at radius 2 is 1.94 bits per heavy atom. The molecule has 0 spiro atoms. The van der Waals surface area contributed by atoms with Crippen LogP contribution >= 0.6 is 0 Å². The van der Waals surface area contributed by atoms with E-state index in [0.29, 0.717) is 28.1 Å². The summed E-state index contributed by atoms with van der Waals surface area (Å²) in [5.74, 6) is -1.83. The Kier molecular flexibility index (Phi) is 4.80. The lowest BCUT2D eigenvalue weighted by Gasteiger charge is -2.42. The SMILES string of the molecule is [B]C([B])(C1CCC(F)(F)CC1)n1cc(-c2cnco2)c2ncc(-c3c(C)noc3C)cc21. The van der Waals surface area contributed by atoms with Gasteiger partial charge in [-0.3, -0.25) is 4.98 Å². The summed E-state index contributed by atoms with van der Waals surface area (Å²) in [5.41, 5.74) is 4.33. The number of alkyl halides is 2. The molecule has 0 atom stereocenters. The van der Waals surface area contributed by atoms with Gasteiger partial charge in [-0.05, 0) is 44.0 Å². The quantitative estimate of drug-likeness (QED) is 0.436. The minimum absolute atomic E-state index is 0.230. The van der Waals surface area contributed by atoms with Crippen LogP contribution in [0.1, 0.15) is 37.1 Å². The first kappa shape index (κ1) is 21.0. The lowest BCUT2D eigenvalue weighted by Crippen LogP contribution is -2.45. The van der Waals surface area contributed by atoms with E-state index in [1.807, 2.05) is 19.9 Å². The first-order valence-electron chi connectivity index (χ1n) is 10.5. The zero-order chi connectivity index (χ0) is 22.7. The highest BCUT2D eigenvalue weighted by Crippen LogP contribution is 2.43. The van der Waals surface area contributed by atoms with E-state index in [9.17, 15) is 8.78 Å². The van der Waals surface area contributed by atoms with Gasteiger partial charge >= 0.3 is 0 Å². The number of aryl methyl sites for hydroxylation is 2. The van der Waals surface area contributed by atoms with E-state index in [1.165, 1.54) is 6.39 Å². The van der Waals surface area contributed by atoms with E-state index in [2.05, 4.69) is 15.1 Å². The number of hydrogen-bond donors (Lipinski definition) is 0. The van der Waals surface area contributed by atoms with Crippen molar-refractivity contribution in [2.24, 2.45) is 5.92 Å². The summed E-state index contributed by atoms with van der Waals surface area (Å²) < 4.78 is 40.1. The van der Waals surface area contributed by atoms with E-state index in [-0.39, 0.29) is 31.6 Å². The summed E-state index contributed by atoms with van der Waals surface area (Å²) >= 11 is 0. The molecule has 0 aliphatic heterocycles. The zero-order valence-electron chi connectivity index (χ0n) is 17.8. The molecule has 4 radical (unpaired) electrons. The molecular weight excluding hydrogens is 412 g/mol. The summed E-state index contributed by atoms with van der Waals surface area (Å²) in [6, 6.07) is 1.92. The van der Waals surface area contributed by atoms with Crippen molar-refractivity contribution in [3.05, 3.63) is 42.5 Å². The Bertz CT molecular complexity index is 1250. The third kappa shape index (κ3) is 3.36. The third-order valence-electron chi connectivity index (χ3n) is 6.45. The normalized spacial score (nSPS) is 17.2. The highest BCUT2D eigenvalue weighted by molar-refractivity contribution is 6.38. The molecule has 6 nitrogen and oxygen atoms in total. The van der Waals surface area contributed by atoms with Crippen molar-refractivity contribution in [1.82, 2.24) is 19.7 Å². The van der Waals surface area contributed by atoms with E-state index in [0.717, 1.165) is 16.8 Å². The molecule has 5 rings (SSSR count). The van der Waals surface area contributed by atoms with Crippen LogP contribution in [-0.2, 0) is 5.34 Å². The zero-order valence-corrected chi connectivity index (χ0v) is 17.8. The van der Waals surface area contributed by atoms with Crippen molar-refractivity contribution in [3.63, 3.8) is 0 Å². The molecule has 4 aromatic heterocycles. The van der Waals surface area contributed by atoms with Crippen LogP contribution in [0.25, 0.3) is 33.5 Å². The standard InChI is InChI=1S/C22H20B2F2N4O2/c1-12-19(13(2)32-29-12)14-7-17-20(28-8-14)16(18-9-27-11-31-18)10-30(17)22(23,24)15-3-5-21(25,26)6-4-15/h7-11,15H,3-6H2,1-2H3. The largest absolute Gasteiger partial charge is 0.443 e. The number of aromatic nitrogens is 4. The maximum absolute atomic E-state index is 13.8. The van der Waals surface area contributed by atoms with Crippen molar-refractivity contribution in [3.8, 4) is 22.5 Å². The number of nitrogens with zero attached hydrogens (tertiary/aromatic N) is 4. The molecule has 0 aromatic carbocycles. The van der Waals surface area contributed by atoms with Crippen molar-refractivity contribution < 1.29 is 17.7 Å². The summed E-state index contributed by atoms with van der Waals surface area (Å²) in [5, 5.41) is 2.63. The maximum atomic E-state index is 13.8. The fourth-order valence-corrected chi connectivity index (χ4v) is 4.68. The van der Waals surface area contributed by atoms with Crippen LogP contribution in [-0.4, -0.2) is 41.3 Å². The predicted molar refractivity (Wildman–Crippen MR) is 117 cm³/mol. The maximum Gasteiger partial charge on any atom is 0.248 e. The first-order chi connectivity index (χ1) is 15.2. The molecular formula is C22H20B2F2N4O2. The minimum Gasteiger partial charge on any atom is -0.443 e. The summed E-state index contributed by atoms with van der Waals surface area (Å²) in [7, 11) is 13.3. The van der Waals surface area contributed by atoms with Crippen molar-refractivity contribution in [2.45, 2.75) is 50.8 Å². The molecule has 10 heteroatoms. The van der Waals surface area contributed by atoms with Crippen LogP contribution in [0.2, 0.25) is 0 Å². The topological polar surface area (TPSA) is 69.9 Å². The van der Waals surface area contributed by atoms with Gasteiger partial charge in [0.2, 0.25) is 5.92 Å². The molecule has 1 aliphatic rings. The van der Waals surface area contributed by atoms with Gasteiger partial charge in [0, 0.05) is 36.4 Å². The smallest absolute Gasteiger partial charge is 0.248 e. The number of rotatable bonds is 4. The Morgan fingerprint density at radius 3 is 2.56 bits per heavy atom. The van der Waals surface area contributed by atoms with Crippen molar-refractivity contribution >= 4 is 26.7 Å². The Hall–Kier alpha value is -2.90. The number of halogens is 2. The van der Waals surface area contributed by atoms with Gasteiger partial charge in [-0.1, -0.05) is 5.16 Å². The summed E-state index contributed by atoms with van der Waals surface area (Å²) in [6.07, 6.45) is 6.41. The fraction of sp³-hybridized carbons (Fsp3) is 0.409. The Balaban J connectivity index is 1.68. The highest BCUT2D eigenvalue weighted by atomic mass is 19.3. The second-order valence-electron chi connectivity index (χ2n) is 8.59. The van der Waals surface area contributed by atoms with Crippen LogP contribution in [0.15, 0.2) is 40.0 Å². The van der Waals surface area contributed by atoms with Crippen LogP contribution in [0, 0.1) is 19.8 Å². The summed E-state index contributed by atoms with van der Waals surface area (Å²) in [4.78, 5) is 8.66. The van der Waals surface area contributed by atoms with Gasteiger partial charge in [-0.15, -0.1) is 0 Å². The van der Waals surface area contributed by atoms with Gasteiger partial charge in [0.15, 0.2) is 12.2 Å². The average Bonchev–Trinajstić information content (AvgIpc) is 3.46. The van der Waals surface area contributed by atoms with Crippen molar-refractivity contribution in [2.75, 3.05) is 0 Å². The van der Waals surface area contributed by atoms with Crippen LogP contribution in [0.4, 0.5) is 8.78 Å². The molecule has 32 heavy (non-hydrogen) atoms. The third-order valence-corrected chi connectivity index (χ3v) is 6.45. The number of pyridine rings is 1. The fourth-order valence-electron chi connectivity index (χ4n) is 4.68. The van der Waals surface area contributed by atoms with Crippen LogP contribution in [0.5, 0.6) is 0 Å². The second-order valence-corrected chi connectivity index (χ2v) is 8.59. The van der Waals surface area contributed by atoms with Gasteiger partial charge in [0.25, 0.3) is 0 Å². The molecule has 0 saturated heterocycles. The van der Waals surface area contributed by atoms with E-state index in [4.69, 9.17) is 24.6 Å². The monoisotopic (exact) mass is 432 g/mol. The average molecular weight is 432 g/mol. The number of hydrogen-bond acceptors (Lipinski definition) is 5. The molecule has 1 saturated carbocycles. The molecule has 0 N–H and O–H groups in total. The van der Waals surface area contributed by atoms with Gasteiger partial charge in [0.1, 0.15) is 5.76 Å². The molecule has 0 bridgehead atoms. The van der Waals surface area contributed by atoms with Gasteiger partial charge in [-0.25, -0.2) is 13.8 Å². The molecule has 4 aromatic rings. The van der Waals surface area contributed by atoms with E-state index >= 15 is 0 Å². The second kappa shape index (κ2) is 7.32. The van der Waals surface area contributed by atoms with Crippen LogP contribution < -0.4 is 0 Å². The summed E-state index contributed by atoms with van der Waals surface area (Å²) in [6.45, 7) is 3.68. The number of oxazole rings is 1. The number of fused-ring (bicyclic) bond motifs is 1. The predicted octanol–water partition coefficient (Wildman–Crippen LogP) is 4.74. The van der Waals surface area contributed by atoms with Gasteiger partial charge < -0.3 is 13.5 Å². The molecule has 1 fully saturated rings. The minimum atomic E-state index is -2.67. The lowest BCUT2D eigenvalue weighted by molar-refractivity contribution is -0.0498. The lowest BCUT2D eigenvalue weighted by atomic mass is 9.52. The first-order valence-corrected chi connectivity index (χ1v) is 10.5. The van der Waals surface area contributed by atoms with E-state index in [1.54, 1.807) is 23.2 Å². The molecule has 160 valence electrons. The molecule has 4 heterocycles. The highest BCUT2D eigenvalue weighted by Gasteiger charge is 2.41. The Morgan fingerprint density at radius 1 is 1.19 bits per heavy atom. The van der Waals surface area contributed by atoms with Gasteiger partial charge in [-0.2, -0.15) is 0 Å². The molecule has 1 aliphatic carbocycles. The molecule has 0 amide bonds. The van der Waals surface area contributed by atoms with E-state index < -0.39 is 11.3 Å². The van der Waals surface area contributed by atoms with Crippen LogP contribution in [0.3, 0.4) is 0 Å². The van der Waals surface area contributed by atoms with Gasteiger partial charge in [0.05, 0.1) is 44.2 Å².